The minimum atomic E-state index is 0.825. The maximum absolute atomic E-state index is 6.34. The third kappa shape index (κ3) is 3.90. The van der Waals surface area contributed by atoms with Crippen molar-refractivity contribution in [3.8, 4) is 33.8 Å². The summed E-state index contributed by atoms with van der Waals surface area (Å²) >= 11 is 7.30. The topological polar surface area (TPSA) is 11.3 Å². The first-order valence-corrected chi connectivity index (χ1v) is 10.3. The van der Waals surface area contributed by atoms with Crippen molar-refractivity contribution in [3.05, 3.63) is 99.4 Å². The van der Waals surface area contributed by atoms with Crippen LogP contribution in [-0.2, 0) is 0 Å². The minimum Gasteiger partial charge on any atom is -0.207 e. The average molecular weight is 481 g/mol. The number of hydrogen-bond acceptors (Lipinski definition) is 0. The van der Waals surface area contributed by atoms with Gasteiger partial charge in [-0.15, -0.1) is 0 Å². The Kier molecular flexibility index (Phi) is 5.24. The fraction of sp³-hybridized carbons (Fsp3) is 0.0417. The van der Waals surface area contributed by atoms with Crippen LogP contribution in [0, 0.1) is 6.92 Å². The smallest absolute Gasteiger partial charge is 0.207 e. The zero-order valence-electron chi connectivity index (χ0n) is 14.7. The molecule has 0 aliphatic heterocycles. The third-order valence-corrected chi connectivity index (χ3v) is 5.84. The highest BCUT2D eigenvalue weighted by Gasteiger charge is 2.23. The van der Waals surface area contributed by atoms with Crippen molar-refractivity contribution in [2.24, 2.45) is 0 Å². The van der Waals surface area contributed by atoms with E-state index in [-0.39, 0.29) is 0 Å². The van der Waals surface area contributed by atoms with Crippen LogP contribution in [0.3, 0.4) is 0 Å². The predicted molar refractivity (Wildman–Crippen MR) is 120 cm³/mol. The largest absolute Gasteiger partial charge is 0.362 e. The number of aryl methyl sites for hydroxylation is 1. The Morgan fingerprint density at radius 3 is 1.56 bits per heavy atom. The van der Waals surface area contributed by atoms with Crippen molar-refractivity contribution in [1.82, 2.24) is 0 Å². The Labute approximate surface area is 176 Å². The van der Waals surface area contributed by atoms with E-state index >= 15 is 0 Å². The van der Waals surface area contributed by atoms with Crippen molar-refractivity contribution in [1.29, 1.82) is 0 Å². The summed E-state index contributed by atoms with van der Waals surface area (Å²) in [6.45, 7) is 2.10. The molecule has 0 fully saturated rings. The third-order valence-electron chi connectivity index (χ3n) is 4.46. The summed E-state index contributed by atoms with van der Waals surface area (Å²) < 4.78 is 8.35. The van der Waals surface area contributed by atoms with Crippen LogP contribution in [0.4, 0.5) is 0 Å². The number of hydrogen-bond donors (Lipinski definition) is 0. The van der Waals surface area contributed by atoms with Gasteiger partial charge in [-0.05, 0) is 68.6 Å². The SMILES string of the molecule is Cc1ccc(-c2cc(-c3ccccc3Br)[o+]c(-c3ccccc3Br)c2)cc1. The molecule has 0 bridgehead atoms. The molecule has 132 valence electrons. The molecule has 1 heterocycles. The fourth-order valence-corrected chi connectivity index (χ4v) is 3.96. The first kappa shape index (κ1) is 18.1. The molecular weight excluding hydrogens is 464 g/mol. The lowest BCUT2D eigenvalue weighted by atomic mass is 10.0. The number of rotatable bonds is 3. The van der Waals surface area contributed by atoms with Crippen LogP contribution in [0.1, 0.15) is 5.56 Å². The van der Waals surface area contributed by atoms with Crippen molar-refractivity contribution in [2.45, 2.75) is 6.92 Å². The summed E-state index contributed by atoms with van der Waals surface area (Å²) in [7, 11) is 0. The highest BCUT2D eigenvalue weighted by atomic mass is 79.9. The molecule has 0 N–H and O–H groups in total. The van der Waals surface area contributed by atoms with Crippen molar-refractivity contribution in [2.75, 3.05) is 0 Å². The minimum absolute atomic E-state index is 0.825. The molecule has 0 unspecified atom stereocenters. The molecule has 27 heavy (non-hydrogen) atoms. The molecule has 0 radical (unpaired) electrons. The van der Waals surface area contributed by atoms with Gasteiger partial charge in [-0.25, -0.2) is 4.42 Å². The van der Waals surface area contributed by atoms with Gasteiger partial charge in [0.2, 0.25) is 0 Å². The summed E-state index contributed by atoms with van der Waals surface area (Å²) in [4.78, 5) is 0. The van der Waals surface area contributed by atoms with E-state index in [1.165, 1.54) is 5.56 Å². The summed E-state index contributed by atoms with van der Waals surface area (Å²) in [6, 6.07) is 29.0. The van der Waals surface area contributed by atoms with Crippen molar-refractivity contribution < 1.29 is 4.42 Å². The Morgan fingerprint density at radius 2 is 1.07 bits per heavy atom. The lowest BCUT2D eigenvalue weighted by Crippen LogP contribution is -1.88. The molecule has 3 heteroatoms. The van der Waals surface area contributed by atoms with Gasteiger partial charge in [0, 0.05) is 14.5 Å². The fourth-order valence-electron chi connectivity index (χ4n) is 3.00. The zero-order valence-corrected chi connectivity index (χ0v) is 17.9. The molecule has 3 aromatic carbocycles. The maximum Gasteiger partial charge on any atom is 0.362 e. The van der Waals surface area contributed by atoms with Gasteiger partial charge in [0.15, 0.2) is 0 Å². The van der Waals surface area contributed by atoms with Crippen molar-refractivity contribution >= 4 is 31.9 Å². The van der Waals surface area contributed by atoms with Crippen LogP contribution < -0.4 is 0 Å². The van der Waals surface area contributed by atoms with Gasteiger partial charge < -0.3 is 0 Å². The normalized spacial score (nSPS) is 10.8. The first-order valence-electron chi connectivity index (χ1n) is 8.67. The Balaban J connectivity index is 1.95. The van der Waals surface area contributed by atoms with E-state index in [0.29, 0.717) is 0 Å². The molecule has 0 aliphatic rings. The van der Waals surface area contributed by atoms with Crippen LogP contribution in [0.25, 0.3) is 33.8 Å². The molecule has 0 amide bonds. The van der Waals surface area contributed by atoms with E-state index < -0.39 is 0 Å². The van der Waals surface area contributed by atoms with Crippen LogP contribution in [-0.4, -0.2) is 0 Å². The first-order chi connectivity index (χ1) is 13.1. The lowest BCUT2D eigenvalue weighted by molar-refractivity contribution is 0.582. The molecule has 0 spiro atoms. The molecule has 0 saturated heterocycles. The summed E-state index contributed by atoms with van der Waals surface area (Å²) in [5.74, 6) is 1.65. The number of benzene rings is 3. The number of halogens is 2. The van der Waals surface area contributed by atoms with Gasteiger partial charge in [0.25, 0.3) is 0 Å². The molecule has 1 aromatic heterocycles. The standard InChI is InChI=1S/C24H17Br2O/c1-16-10-12-17(13-11-16)18-14-23(19-6-2-4-8-21(19)25)27-24(15-18)20-7-3-5-9-22(20)26/h2-15H,1H3/q+1. The zero-order chi connectivity index (χ0) is 18.8. The molecule has 0 atom stereocenters. The molecule has 0 aliphatic carbocycles. The van der Waals surface area contributed by atoms with Gasteiger partial charge in [-0.2, -0.15) is 0 Å². The monoisotopic (exact) mass is 479 g/mol. The summed E-state index contributed by atoms with van der Waals surface area (Å²) in [6.07, 6.45) is 0. The predicted octanol–water partition coefficient (Wildman–Crippen LogP) is 8.40. The second-order valence-electron chi connectivity index (χ2n) is 6.40. The molecule has 4 rings (SSSR count). The lowest BCUT2D eigenvalue weighted by Gasteiger charge is -2.04. The Hall–Kier alpha value is -2.23. The van der Waals surface area contributed by atoms with E-state index in [1.807, 2.05) is 36.4 Å². The molecule has 1 nitrogen and oxygen atoms in total. The summed E-state index contributed by atoms with van der Waals surface area (Å²) in [5, 5.41) is 0. The van der Waals surface area contributed by atoms with E-state index in [1.54, 1.807) is 0 Å². The maximum atomic E-state index is 6.34. The highest BCUT2D eigenvalue weighted by Crippen LogP contribution is 2.37. The van der Waals surface area contributed by atoms with Gasteiger partial charge in [-0.3, -0.25) is 0 Å². The van der Waals surface area contributed by atoms with Gasteiger partial charge >= 0.3 is 11.5 Å². The molecule has 0 saturated carbocycles. The van der Waals surface area contributed by atoms with Crippen LogP contribution in [0.5, 0.6) is 0 Å². The van der Waals surface area contributed by atoms with Crippen LogP contribution >= 0.6 is 31.9 Å². The van der Waals surface area contributed by atoms with Gasteiger partial charge in [0.1, 0.15) is 0 Å². The average Bonchev–Trinajstić information content (AvgIpc) is 2.69. The van der Waals surface area contributed by atoms with E-state index in [2.05, 4.69) is 87.3 Å². The van der Waals surface area contributed by atoms with Crippen LogP contribution in [0.15, 0.2) is 98.3 Å². The molecule has 4 aromatic rings. The second-order valence-corrected chi connectivity index (χ2v) is 8.11. The van der Waals surface area contributed by atoms with Gasteiger partial charge in [0.05, 0.1) is 23.3 Å². The van der Waals surface area contributed by atoms with Crippen molar-refractivity contribution in [3.63, 3.8) is 0 Å². The van der Waals surface area contributed by atoms with E-state index in [0.717, 1.165) is 42.7 Å². The highest BCUT2D eigenvalue weighted by molar-refractivity contribution is 9.11. The Bertz CT molecular complexity index is 1040. The van der Waals surface area contributed by atoms with E-state index in [9.17, 15) is 0 Å². The summed E-state index contributed by atoms with van der Waals surface area (Å²) in [5.41, 5.74) is 5.59. The van der Waals surface area contributed by atoms with Crippen LogP contribution in [0.2, 0.25) is 0 Å². The quantitative estimate of drug-likeness (QED) is 0.268. The molecular formula is C24H17Br2O+. The van der Waals surface area contributed by atoms with E-state index in [4.69, 9.17) is 4.42 Å². The van der Waals surface area contributed by atoms with Gasteiger partial charge in [-0.1, -0.05) is 54.1 Å². The second kappa shape index (κ2) is 7.79. The Morgan fingerprint density at radius 1 is 0.593 bits per heavy atom.